The molecule has 1 N–H and O–H groups in total. The summed E-state index contributed by atoms with van der Waals surface area (Å²) in [5, 5.41) is 15.2. The van der Waals surface area contributed by atoms with Crippen molar-refractivity contribution >= 4 is 34.1 Å². The molecule has 0 aliphatic carbocycles. The van der Waals surface area contributed by atoms with Crippen molar-refractivity contribution in [2.24, 2.45) is 0 Å². The Labute approximate surface area is 167 Å². The molecule has 1 aliphatic heterocycles. The summed E-state index contributed by atoms with van der Waals surface area (Å²) < 4.78 is 12.5. The second kappa shape index (κ2) is 7.98. The van der Waals surface area contributed by atoms with Crippen LogP contribution in [-0.2, 0) is 11.3 Å². The van der Waals surface area contributed by atoms with Crippen LogP contribution in [0.2, 0.25) is 0 Å². The Morgan fingerprint density at radius 1 is 1.25 bits per heavy atom. The molecule has 0 saturated heterocycles. The Morgan fingerprint density at radius 2 is 2.11 bits per heavy atom. The maximum Gasteiger partial charge on any atom is 0.267 e. The second-order valence-corrected chi connectivity index (χ2v) is 8.13. The van der Waals surface area contributed by atoms with Crippen LogP contribution in [0.1, 0.15) is 6.92 Å². The number of nitrogens with zero attached hydrogens (tertiary/aromatic N) is 4. The van der Waals surface area contributed by atoms with Crippen molar-refractivity contribution < 1.29 is 14.3 Å². The number of ether oxygens (including phenoxy) is 2. The first kappa shape index (κ1) is 18.4. The van der Waals surface area contributed by atoms with Crippen molar-refractivity contribution in [1.29, 1.82) is 0 Å². The van der Waals surface area contributed by atoms with E-state index in [9.17, 15) is 9.59 Å². The van der Waals surface area contributed by atoms with Crippen LogP contribution in [0, 0.1) is 0 Å². The normalized spacial score (nSPS) is 12.2. The predicted octanol–water partition coefficient (Wildman–Crippen LogP) is 2.24. The van der Waals surface area contributed by atoms with Crippen LogP contribution in [-0.4, -0.2) is 38.4 Å². The molecule has 1 amide bonds. The van der Waals surface area contributed by atoms with Gasteiger partial charge in [0.1, 0.15) is 6.54 Å². The van der Waals surface area contributed by atoms with Gasteiger partial charge < -0.3 is 9.47 Å². The SMILES string of the molecule is CCSc1nnc(NC(=O)Cn2nc(-c3ccc4c(c3)OCO4)ccc2=O)s1. The molecule has 4 rings (SSSR count). The van der Waals surface area contributed by atoms with Crippen LogP contribution >= 0.6 is 23.1 Å². The molecule has 1 aromatic carbocycles. The molecule has 0 spiro atoms. The number of benzene rings is 1. The summed E-state index contributed by atoms with van der Waals surface area (Å²) in [5.41, 5.74) is 0.922. The van der Waals surface area contributed by atoms with Gasteiger partial charge in [-0.25, -0.2) is 4.68 Å². The Morgan fingerprint density at radius 3 is 2.96 bits per heavy atom. The second-order valence-electron chi connectivity index (χ2n) is 5.64. The lowest BCUT2D eigenvalue weighted by atomic mass is 10.1. The van der Waals surface area contributed by atoms with Crippen molar-refractivity contribution in [3.05, 3.63) is 40.7 Å². The van der Waals surface area contributed by atoms with Gasteiger partial charge in [-0.15, -0.1) is 10.2 Å². The summed E-state index contributed by atoms with van der Waals surface area (Å²) in [6.45, 7) is 1.96. The lowest BCUT2D eigenvalue weighted by molar-refractivity contribution is -0.117. The van der Waals surface area contributed by atoms with Gasteiger partial charge in [-0.3, -0.25) is 14.9 Å². The average Bonchev–Trinajstić information content (AvgIpc) is 3.32. The third-order valence-corrected chi connectivity index (χ3v) is 5.60. The van der Waals surface area contributed by atoms with Gasteiger partial charge in [0.25, 0.3) is 5.56 Å². The Bertz CT molecular complexity index is 1080. The molecule has 3 aromatic rings. The first-order valence-corrected chi connectivity index (χ1v) is 10.2. The van der Waals surface area contributed by atoms with Crippen molar-refractivity contribution in [1.82, 2.24) is 20.0 Å². The molecule has 0 saturated carbocycles. The number of nitrogens with one attached hydrogen (secondary N) is 1. The van der Waals surface area contributed by atoms with E-state index in [1.807, 2.05) is 13.0 Å². The molecule has 3 heterocycles. The van der Waals surface area contributed by atoms with Crippen molar-refractivity contribution in [3.63, 3.8) is 0 Å². The number of hydrogen-bond donors (Lipinski definition) is 1. The fraction of sp³-hybridized carbons (Fsp3) is 0.235. The molecular weight excluding hydrogens is 402 g/mol. The van der Waals surface area contributed by atoms with E-state index in [4.69, 9.17) is 9.47 Å². The topological polar surface area (TPSA) is 108 Å². The van der Waals surface area contributed by atoms with Crippen LogP contribution in [0.4, 0.5) is 5.13 Å². The zero-order valence-electron chi connectivity index (χ0n) is 14.7. The van der Waals surface area contributed by atoms with Gasteiger partial charge in [0.15, 0.2) is 15.8 Å². The number of carbonyl (C=O) groups is 1. The van der Waals surface area contributed by atoms with Gasteiger partial charge in [-0.05, 0) is 30.0 Å². The monoisotopic (exact) mass is 417 g/mol. The van der Waals surface area contributed by atoms with Gasteiger partial charge in [-0.2, -0.15) is 5.10 Å². The largest absolute Gasteiger partial charge is 0.454 e. The molecule has 0 atom stereocenters. The highest BCUT2D eigenvalue weighted by molar-refractivity contribution is 8.01. The molecule has 9 nitrogen and oxygen atoms in total. The Kier molecular flexibility index (Phi) is 5.26. The third-order valence-electron chi connectivity index (χ3n) is 3.75. The molecule has 144 valence electrons. The molecular formula is C17H15N5O4S2. The number of aromatic nitrogens is 4. The highest BCUT2D eigenvalue weighted by Crippen LogP contribution is 2.35. The molecule has 0 bridgehead atoms. The predicted molar refractivity (Wildman–Crippen MR) is 105 cm³/mol. The molecule has 0 fully saturated rings. The summed E-state index contributed by atoms with van der Waals surface area (Å²) in [6, 6.07) is 8.36. The van der Waals surface area contributed by atoms with Crippen molar-refractivity contribution in [2.45, 2.75) is 17.8 Å². The number of fused-ring (bicyclic) bond motifs is 1. The zero-order valence-corrected chi connectivity index (χ0v) is 16.4. The summed E-state index contributed by atoms with van der Waals surface area (Å²) in [5.74, 6) is 1.75. The van der Waals surface area contributed by atoms with Crippen molar-refractivity contribution in [2.75, 3.05) is 17.9 Å². The maximum atomic E-state index is 12.3. The number of carbonyl (C=O) groups excluding carboxylic acids is 1. The number of thioether (sulfide) groups is 1. The maximum absolute atomic E-state index is 12.3. The van der Waals surface area contributed by atoms with Crippen molar-refractivity contribution in [3.8, 4) is 22.8 Å². The van der Waals surface area contributed by atoms with Crippen LogP contribution in [0.15, 0.2) is 39.5 Å². The minimum Gasteiger partial charge on any atom is -0.454 e. The van der Waals surface area contributed by atoms with E-state index in [0.717, 1.165) is 20.3 Å². The Balaban J connectivity index is 1.50. The first-order chi connectivity index (χ1) is 13.6. The average molecular weight is 417 g/mol. The highest BCUT2D eigenvalue weighted by Gasteiger charge is 2.16. The summed E-state index contributed by atoms with van der Waals surface area (Å²) in [7, 11) is 0. The standard InChI is InChI=1S/C17H15N5O4S2/c1-2-27-17-20-19-16(28-17)18-14(23)8-22-15(24)6-4-11(21-22)10-3-5-12-13(7-10)26-9-25-12/h3-7H,2,8-9H2,1H3,(H,18,19,23). The molecule has 0 unspecified atom stereocenters. The van der Waals surface area contributed by atoms with E-state index in [2.05, 4.69) is 20.6 Å². The Hall–Kier alpha value is -2.92. The molecule has 1 aliphatic rings. The van der Waals surface area contributed by atoms with Gasteiger partial charge in [-0.1, -0.05) is 30.0 Å². The molecule has 2 aromatic heterocycles. The zero-order chi connectivity index (χ0) is 19.5. The van der Waals surface area contributed by atoms with Crippen LogP contribution in [0.5, 0.6) is 11.5 Å². The van der Waals surface area contributed by atoms with Crippen LogP contribution < -0.4 is 20.3 Å². The fourth-order valence-electron chi connectivity index (χ4n) is 2.51. The van der Waals surface area contributed by atoms with Crippen LogP contribution in [0.3, 0.4) is 0 Å². The van der Waals surface area contributed by atoms with E-state index >= 15 is 0 Å². The fourth-order valence-corrected chi connectivity index (χ4v) is 4.17. The van der Waals surface area contributed by atoms with E-state index in [-0.39, 0.29) is 18.9 Å². The smallest absolute Gasteiger partial charge is 0.267 e. The van der Waals surface area contributed by atoms with Gasteiger partial charge in [0.2, 0.25) is 17.8 Å². The van der Waals surface area contributed by atoms with E-state index in [1.54, 1.807) is 30.0 Å². The van der Waals surface area contributed by atoms with E-state index in [0.29, 0.717) is 22.3 Å². The molecule has 28 heavy (non-hydrogen) atoms. The molecule has 0 radical (unpaired) electrons. The lowest BCUT2D eigenvalue weighted by Crippen LogP contribution is -2.29. The summed E-state index contributed by atoms with van der Waals surface area (Å²) in [4.78, 5) is 24.4. The highest BCUT2D eigenvalue weighted by atomic mass is 32.2. The van der Waals surface area contributed by atoms with Gasteiger partial charge in [0.05, 0.1) is 5.69 Å². The van der Waals surface area contributed by atoms with Gasteiger partial charge >= 0.3 is 0 Å². The third kappa shape index (κ3) is 3.99. The summed E-state index contributed by atoms with van der Waals surface area (Å²) in [6.07, 6.45) is 0. The molecule has 11 heteroatoms. The van der Waals surface area contributed by atoms with E-state index in [1.165, 1.54) is 17.4 Å². The quantitative estimate of drug-likeness (QED) is 0.481. The summed E-state index contributed by atoms with van der Waals surface area (Å²) >= 11 is 2.83. The van der Waals surface area contributed by atoms with E-state index < -0.39 is 5.91 Å². The minimum atomic E-state index is -0.401. The number of amides is 1. The minimum absolute atomic E-state index is 0.177. The number of hydrogen-bond acceptors (Lipinski definition) is 9. The number of anilines is 1. The van der Waals surface area contributed by atoms with Gasteiger partial charge in [0, 0.05) is 11.6 Å². The van der Waals surface area contributed by atoms with Crippen LogP contribution in [0.25, 0.3) is 11.3 Å². The first-order valence-electron chi connectivity index (χ1n) is 8.36. The number of rotatable bonds is 6. The lowest BCUT2D eigenvalue weighted by Gasteiger charge is -2.07.